The number of sulfonamides is 1. The number of halogens is 1. The van der Waals surface area contributed by atoms with Crippen LogP contribution >= 0.6 is 0 Å². The summed E-state index contributed by atoms with van der Waals surface area (Å²) in [5, 5.41) is 17.9. The van der Waals surface area contributed by atoms with Crippen molar-refractivity contribution in [2.75, 3.05) is 13.6 Å². The Morgan fingerprint density at radius 1 is 1.45 bits per heavy atom. The number of aryl methyl sites for hydroxylation is 1. The zero-order chi connectivity index (χ0) is 17.3. The Morgan fingerprint density at radius 2 is 2.00 bits per heavy atom. The van der Waals surface area contributed by atoms with E-state index in [9.17, 15) is 17.6 Å². The molecule has 0 radical (unpaired) electrons. The van der Waals surface area contributed by atoms with Gasteiger partial charge in [-0.2, -0.15) is 9.57 Å². The van der Waals surface area contributed by atoms with E-state index < -0.39 is 37.7 Å². The summed E-state index contributed by atoms with van der Waals surface area (Å²) in [6.07, 6.45) is 0. The Morgan fingerprint density at radius 3 is 2.45 bits per heavy atom. The molecule has 0 heterocycles. The molecule has 0 saturated carbocycles. The molecule has 1 aromatic rings. The molecule has 8 heteroatoms. The van der Waals surface area contributed by atoms with E-state index in [0.717, 1.165) is 16.4 Å². The minimum absolute atomic E-state index is 0.151. The Hall–Kier alpha value is -1.98. The molecule has 0 spiro atoms. The Labute approximate surface area is 128 Å². The molecule has 0 aliphatic carbocycles. The van der Waals surface area contributed by atoms with Crippen molar-refractivity contribution in [2.45, 2.75) is 25.7 Å². The summed E-state index contributed by atoms with van der Waals surface area (Å²) in [5.74, 6) is -2.85. The first-order chi connectivity index (χ1) is 9.92. The van der Waals surface area contributed by atoms with Crippen LogP contribution in [0.15, 0.2) is 17.0 Å². The van der Waals surface area contributed by atoms with Crippen LogP contribution in [0.25, 0.3) is 0 Å². The van der Waals surface area contributed by atoms with Gasteiger partial charge in [0, 0.05) is 13.6 Å². The number of nitriles is 1. The molecular formula is C14H17FN2O4S. The average Bonchev–Trinajstić information content (AvgIpc) is 2.40. The van der Waals surface area contributed by atoms with Crippen LogP contribution in [0.1, 0.15) is 29.8 Å². The second-order valence-corrected chi connectivity index (χ2v) is 7.70. The summed E-state index contributed by atoms with van der Waals surface area (Å²) >= 11 is 0. The third kappa shape index (κ3) is 3.61. The minimum Gasteiger partial charge on any atom is -0.478 e. The smallest absolute Gasteiger partial charge is 0.338 e. The van der Waals surface area contributed by atoms with Crippen LogP contribution in [0.2, 0.25) is 0 Å². The van der Waals surface area contributed by atoms with Gasteiger partial charge in [-0.3, -0.25) is 0 Å². The zero-order valence-electron chi connectivity index (χ0n) is 12.7. The first-order valence-corrected chi connectivity index (χ1v) is 7.77. The normalized spacial score (nSPS) is 12.2. The van der Waals surface area contributed by atoms with Crippen LogP contribution in [0, 0.1) is 29.5 Å². The van der Waals surface area contributed by atoms with Gasteiger partial charge < -0.3 is 5.11 Å². The lowest BCUT2D eigenvalue weighted by Crippen LogP contribution is -2.35. The molecule has 120 valence electrons. The zero-order valence-corrected chi connectivity index (χ0v) is 13.5. The Bertz CT molecular complexity index is 751. The van der Waals surface area contributed by atoms with E-state index in [-0.39, 0.29) is 6.54 Å². The number of aromatic carboxylic acids is 1. The molecule has 1 aromatic carbocycles. The van der Waals surface area contributed by atoms with Crippen LogP contribution in [0.5, 0.6) is 0 Å². The number of nitrogens with zero attached hydrogens (tertiary/aromatic N) is 2. The quantitative estimate of drug-likeness (QED) is 0.891. The molecule has 0 fully saturated rings. The summed E-state index contributed by atoms with van der Waals surface area (Å²) in [5.41, 5.74) is -1.35. The summed E-state index contributed by atoms with van der Waals surface area (Å²) in [4.78, 5) is 10.3. The maximum Gasteiger partial charge on any atom is 0.338 e. The fraction of sp³-hybridized carbons (Fsp3) is 0.429. The molecule has 0 saturated heterocycles. The molecular weight excluding hydrogens is 311 g/mol. The van der Waals surface area contributed by atoms with Crippen molar-refractivity contribution < 1.29 is 22.7 Å². The number of carboxylic acids is 1. The third-order valence-corrected chi connectivity index (χ3v) is 4.83. The van der Waals surface area contributed by atoms with Gasteiger partial charge in [-0.1, -0.05) is 0 Å². The van der Waals surface area contributed by atoms with Gasteiger partial charge in [-0.25, -0.2) is 17.6 Å². The fourth-order valence-corrected chi connectivity index (χ4v) is 3.42. The van der Waals surface area contributed by atoms with Gasteiger partial charge in [0.05, 0.1) is 17.0 Å². The van der Waals surface area contributed by atoms with Crippen molar-refractivity contribution in [3.05, 3.63) is 29.1 Å². The molecule has 0 amide bonds. The van der Waals surface area contributed by atoms with Crippen molar-refractivity contribution in [2.24, 2.45) is 5.41 Å². The van der Waals surface area contributed by atoms with E-state index in [1.807, 2.05) is 6.07 Å². The number of hydrogen-bond donors (Lipinski definition) is 1. The largest absolute Gasteiger partial charge is 0.478 e. The number of benzene rings is 1. The van der Waals surface area contributed by atoms with Crippen LogP contribution in [-0.2, 0) is 10.0 Å². The predicted molar refractivity (Wildman–Crippen MR) is 77.3 cm³/mol. The first-order valence-electron chi connectivity index (χ1n) is 6.33. The topological polar surface area (TPSA) is 98.5 Å². The number of hydrogen-bond acceptors (Lipinski definition) is 4. The molecule has 0 aliphatic heterocycles. The summed E-state index contributed by atoms with van der Waals surface area (Å²) < 4.78 is 40.0. The maximum atomic E-state index is 14.2. The molecule has 22 heavy (non-hydrogen) atoms. The highest BCUT2D eigenvalue weighted by atomic mass is 32.2. The van der Waals surface area contributed by atoms with Gasteiger partial charge in [0.2, 0.25) is 10.0 Å². The molecule has 0 aromatic heterocycles. The van der Waals surface area contributed by atoms with Crippen molar-refractivity contribution >= 4 is 16.0 Å². The fourth-order valence-electron chi connectivity index (χ4n) is 1.92. The maximum absolute atomic E-state index is 14.2. The Kier molecular flexibility index (Phi) is 4.95. The van der Waals surface area contributed by atoms with Gasteiger partial charge in [0.1, 0.15) is 4.90 Å². The second-order valence-electron chi connectivity index (χ2n) is 5.69. The van der Waals surface area contributed by atoms with Gasteiger partial charge in [0.25, 0.3) is 0 Å². The van der Waals surface area contributed by atoms with E-state index in [2.05, 4.69) is 0 Å². The standard InChI is InChI=1S/C14H17FN2O4S/c1-9-5-10(13(18)19)12(15)11(6-9)22(20,21)17(4)8-14(2,3)7-16/h5-6H,8H2,1-4H3,(H,18,19). The molecule has 1 rings (SSSR count). The number of rotatable bonds is 5. The first kappa shape index (κ1) is 18.1. The average molecular weight is 328 g/mol. The van der Waals surface area contributed by atoms with Crippen molar-refractivity contribution in [1.29, 1.82) is 5.26 Å². The van der Waals surface area contributed by atoms with E-state index in [4.69, 9.17) is 10.4 Å². The summed E-state index contributed by atoms with van der Waals surface area (Å²) in [6.45, 7) is 4.42. The highest BCUT2D eigenvalue weighted by molar-refractivity contribution is 7.89. The second kappa shape index (κ2) is 6.02. The molecule has 0 bridgehead atoms. The monoisotopic (exact) mass is 328 g/mol. The highest BCUT2D eigenvalue weighted by Crippen LogP contribution is 2.25. The molecule has 0 unspecified atom stereocenters. The van der Waals surface area contributed by atoms with Gasteiger partial charge in [-0.05, 0) is 38.5 Å². The van der Waals surface area contributed by atoms with Gasteiger partial charge in [-0.15, -0.1) is 0 Å². The molecule has 0 aliphatic rings. The number of carbonyl (C=O) groups is 1. The Balaban J connectivity index is 3.42. The van der Waals surface area contributed by atoms with Crippen molar-refractivity contribution in [1.82, 2.24) is 4.31 Å². The van der Waals surface area contributed by atoms with Gasteiger partial charge in [0.15, 0.2) is 5.82 Å². The van der Waals surface area contributed by atoms with E-state index in [1.54, 1.807) is 13.8 Å². The molecule has 1 N–H and O–H groups in total. The van der Waals surface area contributed by atoms with Crippen molar-refractivity contribution in [3.8, 4) is 6.07 Å². The van der Waals surface area contributed by atoms with E-state index >= 15 is 0 Å². The number of carboxylic acid groups (broad SMARTS) is 1. The SMILES string of the molecule is Cc1cc(C(=O)O)c(F)c(S(=O)(=O)N(C)CC(C)(C)C#N)c1. The lowest BCUT2D eigenvalue weighted by molar-refractivity contribution is 0.0691. The summed E-state index contributed by atoms with van der Waals surface area (Å²) in [6, 6.07) is 4.10. The van der Waals surface area contributed by atoms with Crippen LogP contribution < -0.4 is 0 Å². The van der Waals surface area contributed by atoms with E-state index in [1.165, 1.54) is 14.0 Å². The van der Waals surface area contributed by atoms with Crippen LogP contribution in [-0.4, -0.2) is 37.4 Å². The van der Waals surface area contributed by atoms with Crippen LogP contribution in [0.4, 0.5) is 4.39 Å². The predicted octanol–water partition coefficient (Wildman–Crippen LogP) is 2.00. The lowest BCUT2D eigenvalue weighted by Gasteiger charge is -2.24. The molecule has 0 atom stereocenters. The summed E-state index contributed by atoms with van der Waals surface area (Å²) in [7, 11) is -3.03. The van der Waals surface area contributed by atoms with Crippen LogP contribution in [0.3, 0.4) is 0 Å². The third-order valence-electron chi connectivity index (χ3n) is 3.02. The molecule has 6 nitrogen and oxygen atoms in total. The van der Waals surface area contributed by atoms with Gasteiger partial charge >= 0.3 is 5.97 Å². The van der Waals surface area contributed by atoms with E-state index in [0.29, 0.717) is 5.56 Å². The van der Waals surface area contributed by atoms with Crippen molar-refractivity contribution in [3.63, 3.8) is 0 Å². The lowest BCUT2D eigenvalue weighted by atomic mass is 9.96. The minimum atomic E-state index is -4.25. The highest BCUT2D eigenvalue weighted by Gasteiger charge is 2.31.